The van der Waals surface area contributed by atoms with Crippen LogP contribution in [0.4, 0.5) is 0 Å². The Morgan fingerprint density at radius 2 is 1.45 bits per heavy atom. The Kier molecular flexibility index (Phi) is 5.39. The molecule has 3 rings (SSSR count). The standard InChI is InChI=1S/C18H34N2/c1-2-4-8-17(7-3-1)19-13-16-20-14-11-18(12-15-20)9-5-6-10-18/h17,19H,1-16H2. The van der Waals surface area contributed by atoms with Gasteiger partial charge in [0.2, 0.25) is 0 Å². The molecule has 0 atom stereocenters. The summed E-state index contributed by atoms with van der Waals surface area (Å²) in [4.78, 5) is 2.72. The van der Waals surface area contributed by atoms with Gasteiger partial charge in [-0.3, -0.25) is 0 Å². The van der Waals surface area contributed by atoms with Crippen LogP contribution in [0.2, 0.25) is 0 Å². The SMILES string of the molecule is C1CCCC(NCCN2CCC3(CCCC3)CC2)CC1. The van der Waals surface area contributed by atoms with Gasteiger partial charge in [-0.15, -0.1) is 0 Å². The lowest BCUT2D eigenvalue weighted by molar-refractivity contribution is 0.108. The van der Waals surface area contributed by atoms with Crippen LogP contribution in [0.5, 0.6) is 0 Å². The normalized spacial score (nSPS) is 28.8. The van der Waals surface area contributed by atoms with Crippen molar-refractivity contribution in [3.8, 4) is 0 Å². The van der Waals surface area contributed by atoms with E-state index < -0.39 is 0 Å². The van der Waals surface area contributed by atoms with Crippen molar-refractivity contribution < 1.29 is 0 Å². The van der Waals surface area contributed by atoms with E-state index in [1.165, 1.54) is 103 Å². The number of hydrogen-bond donors (Lipinski definition) is 1. The van der Waals surface area contributed by atoms with E-state index in [1.54, 1.807) is 0 Å². The van der Waals surface area contributed by atoms with Crippen molar-refractivity contribution in [2.45, 2.75) is 83.1 Å². The molecule has 2 saturated carbocycles. The molecule has 1 N–H and O–H groups in total. The van der Waals surface area contributed by atoms with Crippen LogP contribution in [0, 0.1) is 5.41 Å². The third-order valence-corrected chi connectivity index (χ3v) is 6.30. The fourth-order valence-electron chi connectivity index (χ4n) is 4.79. The largest absolute Gasteiger partial charge is 0.313 e. The zero-order valence-corrected chi connectivity index (χ0v) is 13.3. The van der Waals surface area contributed by atoms with Crippen LogP contribution in [-0.2, 0) is 0 Å². The molecule has 0 radical (unpaired) electrons. The third kappa shape index (κ3) is 3.98. The van der Waals surface area contributed by atoms with Crippen molar-refractivity contribution in [1.29, 1.82) is 0 Å². The van der Waals surface area contributed by atoms with Crippen LogP contribution in [0.15, 0.2) is 0 Å². The van der Waals surface area contributed by atoms with Gasteiger partial charge in [0.05, 0.1) is 0 Å². The van der Waals surface area contributed by atoms with Gasteiger partial charge >= 0.3 is 0 Å². The molecule has 0 aromatic rings. The quantitative estimate of drug-likeness (QED) is 0.783. The average molecular weight is 278 g/mol. The number of rotatable bonds is 4. The minimum atomic E-state index is 0.783. The Morgan fingerprint density at radius 1 is 0.800 bits per heavy atom. The second kappa shape index (κ2) is 7.26. The van der Waals surface area contributed by atoms with Gasteiger partial charge in [-0.25, -0.2) is 0 Å². The van der Waals surface area contributed by atoms with E-state index in [4.69, 9.17) is 0 Å². The second-order valence-electron chi connectivity index (χ2n) is 7.69. The molecule has 1 aliphatic heterocycles. The molecule has 116 valence electrons. The van der Waals surface area contributed by atoms with E-state index in [-0.39, 0.29) is 0 Å². The van der Waals surface area contributed by atoms with E-state index in [0.717, 1.165) is 11.5 Å². The summed E-state index contributed by atoms with van der Waals surface area (Å²) in [6, 6.07) is 0.823. The van der Waals surface area contributed by atoms with Crippen molar-refractivity contribution >= 4 is 0 Å². The maximum Gasteiger partial charge on any atom is 0.0107 e. The van der Waals surface area contributed by atoms with Gasteiger partial charge < -0.3 is 10.2 Å². The summed E-state index contributed by atoms with van der Waals surface area (Å²) in [7, 11) is 0. The maximum atomic E-state index is 3.83. The predicted octanol–water partition coefficient (Wildman–Crippen LogP) is 3.96. The van der Waals surface area contributed by atoms with Gasteiger partial charge in [0, 0.05) is 19.1 Å². The first-order valence-electron chi connectivity index (χ1n) is 9.32. The molecule has 0 unspecified atom stereocenters. The summed E-state index contributed by atoms with van der Waals surface area (Å²) in [6.45, 7) is 5.24. The van der Waals surface area contributed by atoms with Crippen molar-refractivity contribution in [3.63, 3.8) is 0 Å². The minimum Gasteiger partial charge on any atom is -0.313 e. The fourth-order valence-corrected chi connectivity index (χ4v) is 4.79. The van der Waals surface area contributed by atoms with Crippen molar-refractivity contribution in [3.05, 3.63) is 0 Å². The fraction of sp³-hybridized carbons (Fsp3) is 1.00. The van der Waals surface area contributed by atoms with Gasteiger partial charge in [-0.2, -0.15) is 0 Å². The third-order valence-electron chi connectivity index (χ3n) is 6.30. The topological polar surface area (TPSA) is 15.3 Å². The van der Waals surface area contributed by atoms with Crippen LogP contribution in [0.1, 0.15) is 77.0 Å². The van der Waals surface area contributed by atoms with E-state index in [2.05, 4.69) is 10.2 Å². The monoisotopic (exact) mass is 278 g/mol. The van der Waals surface area contributed by atoms with Crippen molar-refractivity contribution in [2.75, 3.05) is 26.2 Å². The number of nitrogens with one attached hydrogen (secondary N) is 1. The van der Waals surface area contributed by atoms with E-state index in [9.17, 15) is 0 Å². The van der Waals surface area contributed by atoms with Gasteiger partial charge in [0.1, 0.15) is 0 Å². The molecule has 2 aliphatic carbocycles. The van der Waals surface area contributed by atoms with E-state index in [1.807, 2.05) is 0 Å². The number of likely N-dealkylation sites (tertiary alicyclic amines) is 1. The van der Waals surface area contributed by atoms with Crippen LogP contribution in [0.25, 0.3) is 0 Å². The lowest BCUT2D eigenvalue weighted by Crippen LogP contribution is -2.43. The molecular weight excluding hydrogens is 244 g/mol. The highest BCUT2D eigenvalue weighted by Gasteiger charge is 2.36. The lowest BCUT2D eigenvalue weighted by Gasteiger charge is -2.39. The molecule has 0 bridgehead atoms. The molecule has 0 aromatic carbocycles. The molecule has 0 aromatic heterocycles. The molecule has 3 fully saturated rings. The molecule has 1 saturated heterocycles. The Labute approximate surface area is 125 Å². The summed E-state index contributed by atoms with van der Waals surface area (Å²) >= 11 is 0. The van der Waals surface area contributed by atoms with Gasteiger partial charge in [-0.05, 0) is 57.0 Å². The van der Waals surface area contributed by atoms with Crippen LogP contribution < -0.4 is 5.32 Å². The number of hydrogen-bond acceptors (Lipinski definition) is 2. The first-order valence-corrected chi connectivity index (χ1v) is 9.32. The van der Waals surface area contributed by atoms with Crippen molar-refractivity contribution in [2.24, 2.45) is 5.41 Å². The van der Waals surface area contributed by atoms with Gasteiger partial charge in [0.15, 0.2) is 0 Å². The maximum absolute atomic E-state index is 3.83. The smallest absolute Gasteiger partial charge is 0.0107 e. The molecular formula is C18H34N2. The molecule has 1 heterocycles. The molecule has 20 heavy (non-hydrogen) atoms. The van der Waals surface area contributed by atoms with Gasteiger partial charge in [-0.1, -0.05) is 38.5 Å². The average Bonchev–Trinajstić information content (AvgIpc) is 2.76. The summed E-state index contributed by atoms with van der Waals surface area (Å²) < 4.78 is 0. The molecule has 2 nitrogen and oxygen atoms in total. The summed E-state index contributed by atoms with van der Waals surface area (Å²) in [5, 5.41) is 3.83. The molecule has 3 aliphatic rings. The highest BCUT2D eigenvalue weighted by Crippen LogP contribution is 2.45. The first-order chi connectivity index (χ1) is 9.86. The Bertz CT molecular complexity index is 265. The highest BCUT2D eigenvalue weighted by atomic mass is 15.1. The van der Waals surface area contributed by atoms with Crippen LogP contribution in [-0.4, -0.2) is 37.1 Å². The van der Waals surface area contributed by atoms with Crippen molar-refractivity contribution in [1.82, 2.24) is 10.2 Å². The molecule has 1 spiro atoms. The lowest BCUT2D eigenvalue weighted by atomic mass is 9.77. The first kappa shape index (κ1) is 14.8. The second-order valence-corrected chi connectivity index (χ2v) is 7.69. The summed E-state index contributed by atoms with van der Waals surface area (Å²) in [5.41, 5.74) is 0.783. The van der Waals surface area contributed by atoms with E-state index >= 15 is 0 Å². The van der Waals surface area contributed by atoms with Crippen LogP contribution in [0.3, 0.4) is 0 Å². The number of nitrogens with zero attached hydrogens (tertiary/aromatic N) is 1. The molecule has 0 amide bonds. The molecule has 2 heteroatoms. The number of piperidine rings is 1. The summed E-state index contributed by atoms with van der Waals surface area (Å²) in [6.07, 6.45) is 17.7. The van der Waals surface area contributed by atoms with E-state index in [0.29, 0.717) is 0 Å². The Balaban J connectivity index is 1.31. The zero-order chi connectivity index (χ0) is 13.7. The van der Waals surface area contributed by atoms with Gasteiger partial charge in [0.25, 0.3) is 0 Å². The van der Waals surface area contributed by atoms with Crippen LogP contribution >= 0.6 is 0 Å². The highest BCUT2D eigenvalue weighted by molar-refractivity contribution is 4.89. The Hall–Kier alpha value is -0.0800. The zero-order valence-electron chi connectivity index (χ0n) is 13.3. The predicted molar refractivity (Wildman–Crippen MR) is 86.1 cm³/mol. The minimum absolute atomic E-state index is 0.783. The summed E-state index contributed by atoms with van der Waals surface area (Å²) in [5.74, 6) is 0. The Morgan fingerprint density at radius 3 is 2.10 bits per heavy atom.